The first-order chi connectivity index (χ1) is 12.5. The maximum atomic E-state index is 12.7. The van der Waals surface area contributed by atoms with Crippen molar-refractivity contribution in [2.75, 3.05) is 31.5 Å². The first kappa shape index (κ1) is 17.5. The molecule has 0 spiro atoms. The molecule has 2 aromatic rings. The number of amides is 3. The van der Waals surface area contributed by atoms with Crippen molar-refractivity contribution in [3.63, 3.8) is 0 Å². The van der Waals surface area contributed by atoms with Crippen molar-refractivity contribution in [1.29, 1.82) is 0 Å². The summed E-state index contributed by atoms with van der Waals surface area (Å²) in [6, 6.07) is 6.83. The van der Waals surface area contributed by atoms with Crippen molar-refractivity contribution in [1.82, 2.24) is 19.8 Å². The van der Waals surface area contributed by atoms with E-state index in [2.05, 4.69) is 15.3 Å². The maximum absolute atomic E-state index is 12.7. The zero-order valence-electron chi connectivity index (χ0n) is 14.4. The average Bonchev–Trinajstić information content (AvgIpc) is 2.67. The van der Waals surface area contributed by atoms with E-state index in [1.54, 1.807) is 34.1 Å². The van der Waals surface area contributed by atoms with Gasteiger partial charge in [-0.25, -0.2) is 4.98 Å². The van der Waals surface area contributed by atoms with Gasteiger partial charge < -0.3 is 15.1 Å². The van der Waals surface area contributed by atoms with Crippen LogP contribution in [0.5, 0.6) is 0 Å². The lowest BCUT2D eigenvalue weighted by molar-refractivity contribution is -0.114. The third-order valence-corrected chi connectivity index (χ3v) is 4.07. The molecule has 8 nitrogen and oxygen atoms in total. The summed E-state index contributed by atoms with van der Waals surface area (Å²) in [5, 5.41) is 2.67. The van der Waals surface area contributed by atoms with Gasteiger partial charge in [0.25, 0.3) is 11.8 Å². The molecule has 0 bridgehead atoms. The predicted octanol–water partition coefficient (Wildman–Crippen LogP) is 1.03. The number of nitrogens with zero attached hydrogens (tertiary/aromatic N) is 4. The van der Waals surface area contributed by atoms with Gasteiger partial charge in [-0.1, -0.05) is 6.07 Å². The Hall–Kier alpha value is -3.29. The van der Waals surface area contributed by atoms with Crippen LogP contribution in [0.2, 0.25) is 0 Å². The molecule has 134 valence electrons. The largest absolute Gasteiger partial charge is 0.335 e. The molecule has 0 saturated carbocycles. The maximum Gasteiger partial charge on any atom is 0.274 e. The second kappa shape index (κ2) is 7.73. The smallest absolute Gasteiger partial charge is 0.274 e. The molecule has 1 N–H and O–H groups in total. The van der Waals surface area contributed by atoms with Gasteiger partial charge in [-0.15, -0.1) is 0 Å². The predicted molar refractivity (Wildman–Crippen MR) is 94.6 cm³/mol. The van der Waals surface area contributed by atoms with Crippen molar-refractivity contribution in [3.8, 4) is 0 Å². The summed E-state index contributed by atoms with van der Waals surface area (Å²) in [6.07, 6.45) is 4.44. The standard InChI is InChI=1S/C18H19N5O3/c1-13(24)21-15-4-2-3-14(11-15)17(25)22-7-9-23(10-8-22)18(26)16-12-19-5-6-20-16/h2-6,11-12H,7-10H2,1H3,(H,21,24). The molecule has 3 amide bonds. The SMILES string of the molecule is CC(=O)Nc1cccc(C(=O)N2CCN(C(=O)c3cnccn3)CC2)c1. The van der Waals surface area contributed by atoms with E-state index in [0.29, 0.717) is 43.1 Å². The topological polar surface area (TPSA) is 95.5 Å². The lowest BCUT2D eigenvalue weighted by atomic mass is 10.1. The Morgan fingerprint density at radius 1 is 1.00 bits per heavy atom. The number of carbonyl (C=O) groups excluding carboxylic acids is 3. The Balaban J connectivity index is 1.62. The monoisotopic (exact) mass is 353 g/mol. The van der Waals surface area contributed by atoms with Crippen LogP contribution in [-0.2, 0) is 4.79 Å². The number of benzene rings is 1. The van der Waals surface area contributed by atoms with Crippen molar-refractivity contribution >= 4 is 23.4 Å². The van der Waals surface area contributed by atoms with Crippen LogP contribution in [0.15, 0.2) is 42.9 Å². The van der Waals surface area contributed by atoms with Gasteiger partial charge in [0.1, 0.15) is 5.69 Å². The molecular formula is C18H19N5O3. The molecule has 1 aliphatic heterocycles. The molecule has 1 fully saturated rings. The molecule has 0 aliphatic carbocycles. The summed E-state index contributed by atoms with van der Waals surface area (Å²) in [5.74, 6) is -0.493. The number of anilines is 1. The van der Waals surface area contributed by atoms with E-state index in [1.165, 1.54) is 25.5 Å². The van der Waals surface area contributed by atoms with Crippen LogP contribution < -0.4 is 5.32 Å². The van der Waals surface area contributed by atoms with Crippen molar-refractivity contribution in [2.24, 2.45) is 0 Å². The van der Waals surface area contributed by atoms with Gasteiger partial charge in [-0.3, -0.25) is 19.4 Å². The highest BCUT2D eigenvalue weighted by atomic mass is 16.2. The number of hydrogen-bond acceptors (Lipinski definition) is 5. The molecule has 8 heteroatoms. The second-order valence-electron chi connectivity index (χ2n) is 5.94. The van der Waals surface area contributed by atoms with Gasteiger partial charge in [0.15, 0.2) is 0 Å². The zero-order valence-corrected chi connectivity index (χ0v) is 14.4. The van der Waals surface area contributed by atoms with E-state index in [9.17, 15) is 14.4 Å². The molecule has 1 saturated heterocycles. The fourth-order valence-corrected chi connectivity index (χ4v) is 2.80. The second-order valence-corrected chi connectivity index (χ2v) is 5.94. The van der Waals surface area contributed by atoms with Crippen molar-refractivity contribution in [2.45, 2.75) is 6.92 Å². The van der Waals surface area contributed by atoms with Crippen LogP contribution in [-0.4, -0.2) is 63.7 Å². The van der Waals surface area contributed by atoms with Gasteiger partial charge in [-0.05, 0) is 18.2 Å². The van der Waals surface area contributed by atoms with Crippen LogP contribution in [0, 0.1) is 0 Å². The normalized spacial score (nSPS) is 14.0. The summed E-state index contributed by atoms with van der Waals surface area (Å²) in [7, 11) is 0. The van der Waals surface area contributed by atoms with Gasteiger partial charge in [0.05, 0.1) is 6.20 Å². The van der Waals surface area contributed by atoms with Crippen LogP contribution in [0.1, 0.15) is 27.8 Å². The fourth-order valence-electron chi connectivity index (χ4n) is 2.80. The Morgan fingerprint density at radius 2 is 1.69 bits per heavy atom. The summed E-state index contributed by atoms with van der Waals surface area (Å²) < 4.78 is 0. The number of hydrogen-bond donors (Lipinski definition) is 1. The lowest BCUT2D eigenvalue weighted by Gasteiger charge is -2.34. The minimum absolute atomic E-state index is 0.121. The van der Waals surface area contributed by atoms with Crippen LogP contribution in [0.4, 0.5) is 5.69 Å². The van der Waals surface area contributed by atoms with Gasteiger partial charge in [-0.2, -0.15) is 0 Å². The van der Waals surface area contributed by atoms with E-state index in [-0.39, 0.29) is 17.7 Å². The molecule has 0 unspecified atom stereocenters. The zero-order chi connectivity index (χ0) is 18.5. The average molecular weight is 353 g/mol. The van der Waals surface area contributed by atoms with E-state index in [4.69, 9.17) is 0 Å². The molecule has 1 aromatic carbocycles. The van der Waals surface area contributed by atoms with Crippen LogP contribution >= 0.6 is 0 Å². The molecule has 0 radical (unpaired) electrons. The molecule has 0 atom stereocenters. The molecule has 26 heavy (non-hydrogen) atoms. The van der Waals surface area contributed by atoms with Crippen LogP contribution in [0.3, 0.4) is 0 Å². The third kappa shape index (κ3) is 4.02. The van der Waals surface area contributed by atoms with Crippen molar-refractivity contribution in [3.05, 3.63) is 54.1 Å². The highest BCUT2D eigenvalue weighted by Crippen LogP contribution is 2.15. The van der Waals surface area contributed by atoms with E-state index in [0.717, 1.165) is 0 Å². The lowest BCUT2D eigenvalue weighted by Crippen LogP contribution is -2.50. The molecular weight excluding hydrogens is 334 g/mol. The number of piperazine rings is 1. The first-order valence-electron chi connectivity index (χ1n) is 8.27. The molecule has 1 aliphatic rings. The van der Waals surface area contributed by atoms with Crippen LogP contribution in [0.25, 0.3) is 0 Å². The minimum atomic E-state index is -0.189. The molecule has 1 aromatic heterocycles. The summed E-state index contributed by atoms with van der Waals surface area (Å²) in [4.78, 5) is 47.5. The quantitative estimate of drug-likeness (QED) is 0.889. The van der Waals surface area contributed by atoms with E-state index >= 15 is 0 Å². The number of rotatable bonds is 3. The molecule has 2 heterocycles. The van der Waals surface area contributed by atoms with Gasteiger partial charge in [0.2, 0.25) is 5.91 Å². The Morgan fingerprint density at radius 3 is 2.31 bits per heavy atom. The number of carbonyl (C=O) groups is 3. The summed E-state index contributed by atoms with van der Waals surface area (Å²) in [5.41, 5.74) is 1.39. The highest BCUT2D eigenvalue weighted by Gasteiger charge is 2.26. The molecule has 3 rings (SSSR count). The van der Waals surface area contributed by atoms with Gasteiger partial charge in [0, 0.05) is 56.7 Å². The number of nitrogens with one attached hydrogen (secondary N) is 1. The van der Waals surface area contributed by atoms with Gasteiger partial charge >= 0.3 is 0 Å². The summed E-state index contributed by atoms with van der Waals surface area (Å²) >= 11 is 0. The first-order valence-corrected chi connectivity index (χ1v) is 8.27. The van der Waals surface area contributed by atoms with Crippen molar-refractivity contribution < 1.29 is 14.4 Å². The summed E-state index contributed by atoms with van der Waals surface area (Å²) in [6.45, 7) is 3.17. The fraction of sp³-hybridized carbons (Fsp3) is 0.278. The third-order valence-electron chi connectivity index (χ3n) is 4.07. The Bertz CT molecular complexity index is 817. The minimum Gasteiger partial charge on any atom is -0.335 e. The Kier molecular flexibility index (Phi) is 5.21. The highest BCUT2D eigenvalue weighted by molar-refractivity contribution is 5.97. The van der Waals surface area contributed by atoms with E-state index in [1.807, 2.05) is 0 Å². The van der Waals surface area contributed by atoms with E-state index < -0.39 is 0 Å². The number of aromatic nitrogens is 2. The Labute approximate surface area is 150 Å².